The van der Waals surface area contributed by atoms with Crippen LogP contribution in [0.15, 0.2) is 45.1 Å². The molecule has 6 rings (SSSR count). The van der Waals surface area contributed by atoms with Crippen molar-refractivity contribution in [2.75, 3.05) is 25.6 Å². The third kappa shape index (κ3) is 3.52. The second-order valence-electron chi connectivity index (χ2n) is 8.60. The van der Waals surface area contributed by atoms with Gasteiger partial charge in [-0.1, -0.05) is 11.8 Å². The standard InChI is InChI=1S/C22H24N6O3S/c29-20-2-1-17-22-27(20)12-16(28(22)21(30)10-25-17)11-26-5-3-14(4-6-26)23-8-15-7-18-19(9-24-15)32-13-31-18/h1-2,7,9-10,14,16,23H,3-6,8,11-13H2/t16-/m1/s1. The molecule has 1 N–H and O–H groups in total. The first-order valence-corrected chi connectivity index (χ1v) is 12.0. The van der Waals surface area contributed by atoms with Crippen molar-refractivity contribution in [2.24, 2.45) is 0 Å². The highest BCUT2D eigenvalue weighted by Gasteiger charge is 2.29. The van der Waals surface area contributed by atoms with E-state index in [9.17, 15) is 9.59 Å². The number of nitrogens with one attached hydrogen (secondary N) is 1. The van der Waals surface area contributed by atoms with Crippen molar-refractivity contribution >= 4 is 22.9 Å². The van der Waals surface area contributed by atoms with Gasteiger partial charge in [-0.3, -0.25) is 23.7 Å². The molecule has 0 spiro atoms. The van der Waals surface area contributed by atoms with Crippen molar-refractivity contribution in [3.63, 3.8) is 0 Å². The summed E-state index contributed by atoms with van der Waals surface area (Å²) in [6, 6.07) is 5.66. The lowest BCUT2D eigenvalue weighted by molar-refractivity contribution is 0.171. The van der Waals surface area contributed by atoms with E-state index in [2.05, 4.69) is 20.2 Å². The maximum Gasteiger partial charge on any atom is 0.270 e. The molecule has 0 saturated carbocycles. The molecule has 10 heteroatoms. The molecule has 1 atom stereocenters. The van der Waals surface area contributed by atoms with Crippen LogP contribution in [0.2, 0.25) is 0 Å². The van der Waals surface area contributed by atoms with Gasteiger partial charge in [-0.15, -0.1) is 0 Å². The van der Waals surface area contributed by atoms with Gasteiger partial charge in [0.2, 0.25) is 0 Å². The summed E-state index contributed by atoms with van der Waals surface area (Å²) in [4.78, 5) is 37.1. The molecule has 3 aliphatic rings. The maximum absolute atomic E-state index is 12.5. The topological polar surface area (TPSA) is 94.3 Å². The van der Waals surface area contributed by atoms with E-state index in [1.54, 1.807) is 27.0 Å². The SMILES string of the molecule is O=c1ccc2ncc(=O)n3c2n1C[C@H]3CN1CCC(NCc2cc3c(cn2)SCO3)CC1. The number of likely N-dealkylation sites (tertiary alicyclic amines) is 1. The van der Waals surface area contributed by atoms with Crippen LogP contribution in [0.3, 0.4) is 0 Å². The Kier molecular flexibility index (Phi) is 5.00. The second kappa shape index (κ2) is 8.02. The molecule has 3 aliphatic heterocycles. The molecule has 0 aliphatic carbocycles. The molecule has 0 unspecified atom stereocenters. The zero-order valence-corrected chi connectivity index (χ0v) is 18.4. The smallest absolute Gasteiger partial charge is 0.270 e. The molecule has 0 aromatic carbocycles. The number of ether oxygens (including phenoxy) is 1. The second-order valence-corrected chi connectivity index (χ2v) is 9.56. The van der Waals surface area contributed by atoms with Gasteiger partial charge < -0.3 is 15.0 Å². The number of nitrogens with zero attached hydrogens (tertiary/aromatic N) is 5. The van der Waals surface area contributed by atoms with E-state index in [1.165, 1.54) is 12.3 Å². The van der Waals surface area contributed by atoms with Crippen molar-refractivity contribution in [2.45, 2.75) is 42.9 Å². The molecule has 166 valence electrons. The van der Waals surface area contributed by atoms with Gasteiger partial charge in [0.05, 0.1) is 22.8 Å². The van der Waals surface area contributed by atoms with Gasteiger partial charge in [0.25, 0.3) is 11.1 Å². The van der Waals surface area contributed by atoms with Crippen LogP contribution in [0.25, 0.3) is 11.2 Å². The van der Waals surface area contributed by atoms with Crippen LogP contribution in [0, 0.1) is 0 Å². The lowest BCUT2D eigenvalue weighted by atomic mass is 10.0. The molecular weight excluding hydrogens is 428 g/mol. The first kappa shape index (κ1) is 20.0. The average Bonchev–Trinajstić information content (AvgIpc) is 3.43. The molecule has 1 fully saturated rings. The Bertz CT molecular complexity index is 1290. The van der Waals surface area contributed by atoms with E-state index in [0.717, 1.165) is 55.4 Å². The minimum atomic E-state index is -0.139. The largest absolute Gasteiger partial charge is 0.481 e. The Balaban J connectivity index is 1.07. The molecular formula is C22H24N6O3S. The number of fused-ring (bicyclic) bond motifs is 1. The van der Waals surface area contributed by atoms with Crippen LogP contribution in [0.5, 0.6) is 5.75 Å². The highest BCUT2D eigenvalue weighted by molar-refractivity contribution is 7.99. The summed E-state index contributed by atoms with van der Waals surface area (Å²) in [7, 11) is 0. The minimum Gasteiger partial charge on any atom is -0.481 e. The molecule has 3 aromatic rings. The van der Waals surface area contributed by atoms with Gasteiger partial charge in [0.1, 0.15) is 22.9 Å². The van der Waals surface area contributed by atoms with E-state index in [4.69, 9.17) is 4.74 Å². The zero-order chi connectivity index (χ0) is 21.7. The van der Waals surface area contributed by atoms with Gasteiger partial charge in [-0.25, -0.2) is 4.98 Å². The van der Waals surface area contributed by atoms with Crippen molar-refractivity contribution < 1.29 is 4.74 Å². The molecule has 9 nitrogen and oxygen atoms in total. The summed E-state index contributed by atoms with van der Waals surface area (Å²) in [5.74, 6) is 1.61. The third-order valence-corrected chi connectivity index (χ3v) is 7.47. The number of aromatic nitrogens is 4. The van der Waals surface area contributed by atoms with Gasteiger partial charge in [0, 0.05) is 44.0 Å². The number of hydrogen-bond donors (Lipinski definition) is 1. The number of thioether (sulfide) groups is 1. The fraction of sp³-hybridized carbons (Fsp3) is 0.455. The van der Waals surface area contributed by atoms with Crippen molar-refractivity contribution in [1.29, 1.82) is 0 Å². The van der Waals surface area contributed by atoms with E-state index in [0.29, 0.717) is 29.7 Å². The van der Waals surface area contributed by atoms with Gasteiger partial charge in [-0.2, -0.15) is 0 Å². The summed E-state index contributed by atoms with van der Waals surface area (Å²) in [6.45, 7) is 3.94. The van der Waals surface area contributed by atoms with Gasteiger partial charge in [0.15, 0.2) is 0 Å². The summed E-state index contributed by atoms with van der Waals surface area (Å²) in [5, 5.41) is 3.63. The number of hydrogen-bond acceptors (Lipinski definition) is 8. The summed E-state index contributed by atoms with van der Waals surface area (Å²) in [5.41, 5.74) is 2.13. The van der Waals surface area contributed by atoms with Crippen LogP contribution >= 0.6 is 11.8 Å². The fourth-order valence-corrected chi connectivity index (χ4v) is 5.67. The van der Waals surface area contributed by atoms with E-state index in [-0.39, 0.29) is 17.2 Å². The summed E-state index contributed by atoms with van der Waals surface area (Å²) < 4.78 is 9.05. The number of pyridine rings is 2. The van der Waals surface area contributed by atoms with E-state index < -0.39 is 0 Å². The molecule has 0 radical (unpaired) electrons. The maximum atomic E-state index is 12.5. The van der Waals surface area contributed by atoms with Crippen LogP contribution in [0.1, 0.15) is 24.6 Å². The predicted octanol–water partition coefficient (Wildman–Crippen LogP) is 1.20. The molecule has 32 heavy (non-hydrogen) atoms. The fourth-order valence-electron chi connectivity index (χ4n) is 4.97. The highest BCUT2D eigenvalue weighted by atomic mass is 32.2. The van der Waals surface area contributed by atoms with E-state index >= 15 is 0 Å². The summed E-state index contributed by atoms with van der Waals surface area (Å²) >= 11 is 1.68. The first-order chi connectivity index (χ1) is 15.7. The van der Waals surface area contributed by atoms with Gasteiger partial charge >= 0.3 is 0 Å². The monoisotopic (exact) mass is 452 g/mol. The number of rotatable bonds is 5. The number of piperidine rings is 1. The highest BCUT2D eigenvalue weighted by Crippen LogP contribution is 2.35. The molecule has 0 amide bonds. The van der Waals surface area contributed by atoms with Crippen molar-refractivity contribution in [3.05, 3.63) is 57.0 Å². The Morgan fingerprint density at radius 2 is 2.00 bits per heavy atom. The van der Waals surface area contributed by atoms with E-state index in [1.807, 2.05) is 12.3 Å². The Labute approximate surface area is 188 Å². The Hall–Kier alpha value is -2.69. The first-order valence-electron chi connectivity index (χ1n) is 11.0. The van der Waals surface area contributed by atoms with Crippen LogP contribution in [0.4, 0.5) is 0 Å². The van der Waals surface area contributed by atoms with Gasteiger partial charge in [-0.05, 0) is 32.0 Å². The minimum absolute atomic E-state index is 0.0407. The van der Waals surface area contributed by atoms with Crippen LogP contribution in [-0.2, 0) is 13.1 Å². The van der Waals surface area contributed by atoms with Crippen LogP contribution < -0.4 is 21.2 Å². The van der Waals surface area contributed by atoms with Crippen molar-refractivity contribution in [1.82, 2.24) is 29.3 Å². The van der Waals surface area contributed by atoms with Crippen LogP contribution in [-0.4, -0.2) is 55.6 Å². The summed E-state index contributed by atoms with van der Waals surface area (Å²) in [6.07, 6.45) is 5.34. The normalized spacial score (nSPS) is 20.6. The Morgan fingerprint density at radius 1 is 1.12 bits per heavy atom. The Morgan fingerprint density at radius 3 is 2.88 bits per heavy atom. The average molecular weight is 453 g/mol. The lowest BCUT2D eigenvalue weighted by Crippen LogP contribution is -2.44. The zero-order valence-electron chi connectivity index (χ0n) is 17.6. The third-order valence-electron chi connectivity index (χ3n) is 6.62. The molecule has 1 saturated heterocycles. The molecule has 0 bridgehead atoms. The quantitative estimate of drug-likeness (QED) is 0.617. The predicted molar refractivity (Wildman–Crippen MR) is 121 cm³/mol. The molecule has 3 aromatic heterocycles. The lowest BCUT2D eigenvalue weighted by Gasteiger charge is -2.34. The molecule has 6 heterocycles. The van der Waals surface area contributed by atoms with Crippen molar-refractivity contribution in [3.8, 4) is 5.75 Å².